The van der Waals surface area contributed by atoms with Gasteiger partial charge in [-0.15, -0.1) is 0 Å². The Hall–Kier alpha value is -1.65. The summed E-state index contributed by atoms with van der Waals surface area (Å²) in [6.45, 7) is 4.27. The maximum atomic E-state index is 13.6. The third kappa shape index (κ3) is 4.18. The Kier molecular flexibility index (Phi) is 5.32. The molecule has 108 valence electrons. The lowest BCUT2D eigenvalue weighted by Crippen LogP contribution is -2.37. The number of nitrogens with zero attached hydrogens (tertiary/aromatic N) is 1. The number of furan rings is 1. The van der Waals surface area contributed by atoms with E-state index in [1.807, 2.05) is 31.3 Å². The number of halogens is 1. The van der Waals surface area contributed by atoms with Crippen LogP contribution in [0.5, 0.6) is 0 Å². The van der Waals surface area contributed by atoms with Crippen molar-refractivity contribution in [2.75, 3.05) is 13.6 Å². The van der Waals surface area contributed by atoms with Gasteiger partial charge in [0.05, 0.1) is 12.8 Å². The minimum Gasteiger partial charge on any atom is -0.468 e. The zero-order chi connectivity index (χ0) is 14.4. The van der Waals surface area contributed by atoms with Crippen molar-refractivity contribution in [3.05, 3.63) is 59.8 Å². The van der Waals surface area contributed by atoms with E-state index in [1.165, 1.54) is 6.07 Å². The average Bonchev–Trinajstić information content (AvgIpc) is 2.94. The van der Waals surface area contributed by atoms with Gasteiger partial charge in [0.15, 0.2) is 0 Å². The molecule has 0 aliphatic carbocycles. The second kappa shape index (κ2) is 7.22. The van der Waals surface area contributed by atoms with Crippen molar-refractivity contribution in [1.82, 2.24) is 10.2 Å². The lowest BCUT2D eigenvalue weighted by atomic mass is 10.2. The van der Waals surface area contributed by atoms with Crippen LogP contribution < -0.4 is 5.32 Å². The van der Waals surface area contributed by atoms with Crippen LogP contribution in [0, 0.1) is 5.82 Å². The fourth-order valence-corrected chi connectivity index (χ4v) is 2.02. The SMILES string of the molecule is CC(CNCc1ccco1)N(C)Cc1ccccc1F. The quantitative estimate of drug-likeness (QED) is 0.842. The van der Waals surface area contributed by atoms with Crippen LogP contribution in [0.2, 0.25) is 0 Å². The smallest absolute Gasteiger partial charge is 0.127 e. The van der Waals surface area contributed by atoms with Crippen LogP contribution in [0.15, 0.2) is 47.1 Å². The average molecular weight is 276 g/mol. The van der Waals surface area contributed by atoms with Gasteiger partial charge < -0.3 is 9.73 Å². The van der Waals surface area contributed by atoms with E-state index in [9.17, 15) is 4.39 Å². The molecule has 1 atom stereocenters. The van der Waals surface area contributed by atoms with Crippen LogP contribution in [0.4, 0.5) is 4.39 Å². The molecule has 0 spiro atoms. The molecule has 0 amide bonds. The molecule has 0 aliphatic rings. The Balaban J connectivity index is 1.77. The van der Waals surface area contributed by atoms with Crippen molar-refractivity contribution in [1.29, 1.82) is 0 Å². The minimum absolute atomic E-state index is 0.143. The van der Waals surface area contributed by atoms with Gasteiger partial charge in [0, 0.05) is 24.7 Å². The first-order valence-corrected chi connectivity index (χ1v) is 6.83. The Morgan fingerprint density at radius 2 is 2.05 bits per heavy atom. The summed E-state index contributed by atoms with van der Waals surface area (Å²) in [6, 6.07) is 11.0. The molecule has 2 rings (SSSR count). The van der Waals surface area contributed by atoms with Crippen molar-refractivity contribution < 1.29 is 8.81 Å². The molecule has 1 unspecified atom stereocenters. The third-order valence-corrected chi connectivity index (χ3v) is 3.45. The zero-order valence-corrected chi connectivity index (χ0v) is 12.0. The molecule has 1 aromatic carbocycles. The van der Waals surface area contributed by atoms with Crippen LogP contribution in [0.25, 0.3) is 0 Å². The lowest BCUT2D eigenvalue weighted by Gasteiger charge is -2.25. The van der Waals surface area contributed by atoms with E-state index in [-0.39, 0.29) is 5.82 Å². The third-order valence-electron chi connectivity index (χ3n) is 3.45. The largest absolute Gasteiger partial charge is 0.468 e. The molecule has 0 radical (unpaired) electrons. The number of rotatable bonds is 7. The Morgan fingerprint density at radius 3 is 2.75 bits per heavy atom. The molecule has 0 fully saturated rings. The van der Waals surface area contributed by atoms with Crippen molar-refractivity contribution in [2.24, 2.45) is 0 Å². The summed E-state index contributed by atoms with van der Waals surface area (Å²) < 4.78 is 18.9. The summed E-state index contributed by atoms with van der Waals surface area (Å²) in [7, 11) is 2.01. The molecular formula is C16H21FN2O. The normalized spacial score (nSPS) is 12.8. The Labute approximate surface area is 119 Å². The van der Waals surface area contributed by atoms with Gasteiger partial charge in [-0.25, -0.2) is 4.39 Å². The molecule has 0 saturated carbocycles. The first kappa shape index (κ1) is 14.8. The van der Waals surface area contributed by atoms with Gasteiger partial charge >= 0.3 is 0 Å². The molecule has 20 heavy (non-hydrogen) atoms. The number of hydrogen-bond donors (Lipinski definition) is 1. The summed E-state index contributed by atoms with van der Waals surface area (Å²) in [5, 5.41) is 3.34. The van der Waals surface area contributed by atoms with E-state index >= 15 is 0 Å². The van der Waals surface area contributed by atoms with E-state index in [0.29, 0.717) is 19.1 Å². The Bertz CT molecular complexity index is 513. The fraction of sp³-hybridized carbons (Fsp3) is 0.375. The standard InChI is InChI=1S/C16H21FN2O/c1-13(10-18-11-15-7-5-9-20-15)19(2)12-14-6-3-4-8-16(14)17/h3-9,13,18H,10-12H2,1-2H3. The second-order valence-electron chi connectivity index (χ2n) is 5.07. The van der Waals surface area contributed by atoms with Gasteiger partial charge in [0.2, 0.25) is 0 Å². The second-order valence-corrected chi connectivity index (χ2v) is 5.07. The highest BCUT2D eigenvalue weighted by molar-refractivity contribution is 5.17. The van der Waals surface area contributed by atoms with Crippen molar-refractivity contribution >= 4 is 0 Å². The highest BCUT2D eigenvalue weighted by atomic mass is 19.1. The van der Waals surface area contributed by atoms with Crippen LogP contribution in [0.1, 0.15) is 18.2 Å². The van der Waals surface area contributed by atoms with Crippen LogP contribution in [-0.2, 0) is 13.1 Å². The van der Waals surface area contributed by atoms with Gasteiger partial charge in [0.1, 0.15) is 11.6 Å². The van der Waals surface area contributed by atoms with Crippen LogP contribution in [0.3, 0.4) is 0 Å². The highest BCUT2D eigenvalue weighted by Gasteiger charge is 2.11. The van der Waals surface area contributed by atoms with Gasteiger partial charge in [-0.3, -0.25) is 4.90 Å². The first-order valence-electron chi connectivity index (χ1n) is 6.83. The number of benzene rings is 1. The summed E-state index contributed by atoms with van der Waals surface area (Å²) in [5.41, 5.74) is 0.730. The summed E-state index contributed by atoms with van der Waals surface area (Å²) in [6.07, 6.45) is 1.67. The summed E-state index contributed by atoms with van der Waals surface area (Å²) in [4.78, 5) is 2.13. The molecule has 1 aromatic heterocycles. The highest BCUT2D eigenvalue weighted by Crippen LogP contribution is 2.10. The van der Waals surface area contributed by atoms with E-state index in [4.69, 9.17) is 4.42 Å². The van der Waals surface area contributed by atoms with Gasteiger partial charge in [-0.05, 0) is 32.2 Å². The van der Waals surface area contributed by atoms with Crippen molar-refractivity contribution in [3.8, 4) is 0 Å². The minimum atomic E-state index is -0.143. The molecule has 0 bridgehead atoms. The molecule has 0 saturated heterocycles. The molecule has 3 nitrogen and oxygen atoms in total. The predicted molar refractivity (Wildman–Crippen MR) is 77.7 cm³/mol. The molecule has 4 heteroatoms. The van der Waals surface area contributed by atoms with Crippen molar-refractivity contribution in [3.63, 3.8) is 0 Å². The lowest BCUT2D eigenvalue weighted by molar-refractivity contribution is 0.238. The number of hydrogen-bond acceptors (Lipinski definition) is 3. The van der Waals surface area contributed by atoms with E-state index in [1.54, 1.807) is 12.3 Å². The van der Waals surface area contributed by atoms with E-state index in [0.717, 1.165) is 17.9 Å². The molecule has 1 N–H and O–H groups in total. The molecule has 0 aliphatic heterocycles. The maximum Gasteiger partial charge on any atom is 0.127 e. The summed E-state index contributed by atoms with van der Waals surface area (Å²) in [5.74, 6) is 0.782. The molecule has 1 heterocycles. The van der Waals surface area contributed by atoms with Crippen LogP contribution >= 0.6 is 0 Å². The first-order chi connectivity index (χ1) is 9.66. The maximum absolute atomic E-state index is 13.6. The monoisotopic (exact) mass is 276 g/mol. The molecular weight excluding hydrogens is 255 g/mol. The van der Waals surface area contributed by atoms with E-state index < -0.39 is 0 Å². The summed E-state index contributed by atoms with van der Waals surface area (Å²) >= 11 is 0. The van der Waals surface area contributed by atoms with Gasteiger partial charge in [0.25, 0.3) is 0 Å². The predicted octanol–water partition coefficient (Wildman–Crippen LogP) is 3.03. The molecule has 2 aromatic rings. The number of nitrogens with one attached hydrogen (secondary N) is 1. The van der Waals surface area contributed by atoms with E-state index in [2.05, 4.69) is 17.1 Å². The topological polar surface area (TPSA) is 28.4 Å². The van der Waals surface area contributed by atoms with Crippen LogP contribution in [-0.4, -0.2) is 24.5 Å². The van der Waals surface area contributed by atoms with Gasteiger partial charge in [-0.1, -0.05) is 18.2 Å². The Morgan fingerprint density at radius 1 is 1.25 bits per heavy atom. The zero-order valence-electron chi connectivity index (χ0n) is 12.0. The van der Waals surface area contributed by atoms with Crippen molar-refractivity contribution in [2.45, 2.75) is 26.1 Å². The number of likely N-dealkylation sites (N-methyl/N-ethyl adjacent to an activating group) is 1. The van der Waals surface area contributed by atoms with Gasteiger partial charge in [-0.2, -0.15) is 0 Å². The fourth-order valence-electron chi connectivity index (χ4n) is 2.02.